The van der Waals surface area contributed by atoms with Gasteiger partial charge in [0.25, 0.3) is 0 Å². The molecule has 0 aliphatic carbocycles. The van der Waals surface area contributed by atoms with Gasteiger partial charge in [0.05, 0.1) is 0 Å². The number of aromatic amines is 1. The molecule has 1 aromatic heterocycles. The first-order valence-corrected chi connectivity index (χ1v) is 5.48. The minimum atomic E-state index is -4.38. The molecule has 1 atom stereocenters. The van der Waals surface area contributed by atoms with E-state index in [1.165, 1.54) is 0 Å². The molecule has 0 amide bonds. The first kappa shape index (κ1) is 12.9. The molecule has 0 saturated heterocycles. The Hall–Kier alpha value is -1.53. The SMILES string of the molecule is NC(CCO)c1ccc2[nH]c(C(F)(F)F)cc2c1. The van der Waals surface area contributed by atoms with Crippen molar-refractivity contribution in [3.8, 4) is 0 Å². The third-order valence-electron chi connectivity index (χ3n) is 2.82. The summed E-state index contributed by atoms with van der Waals surface area (Å²) in [7, 11) is 0. The van der Waals surface area contributed by atoms with Crippen LogP contribution in [-0.2, 0) is 6.18 Å². The summed E-state index contributed by atoms with van der Waals surface area (Å²) >= 11 is 0. The second kappa shape index (κ2) is 4.62. The van der Waals surface area contributed by atoms with Gasteiger partial charge in [0.1, 0.15) is 5.69 Å². The van der Waals surface area contributed by atoms with Gasteiger partial charge in [-0.25, -0.2) is 0 Å². The molecule has 0 saturated carbocycles. The molecule has 6 heteroatoms. The zero-order valence-electron chi connectivity index (χ0n) is 9.46. The highest BCUT2D eigenvalue weighted by Crippen LogP contribution is 2.31. The van der Waals surface area contributed by atoms with E-state index >= 15 is 0 Å². The Morgan fingerprint density at radius 3 is 2.61 bits per heavy atom. The number of aliphatic hydroxyl groups excluding tert-OH is 1. The summed E-state index contributed by atoms with van der Waals surface area (Å²) in [6.07, 6.45) is -4.01. The van der Waals surface area contributed by atoms with E-state index in [0.29, 0.717) is 22.9 Å². The van der Waals surface area contributed by atoms with Gasteiger partial charge in [-0.1, -0.05) is 6.07 Å². The molecule has 3 nitrogen and oxygen atoms in total. The van der Waals surface area contributed by atoms with Crippen molar-refractivity contribution >= 4 is 10.9 Å². The van der Waals surface area contributed by atoms with Crippen molar-refractivity contribution in [2.75, 3.05) is 6.61 Å². The fraction of sp³-hybridized carbons (Fsp3) is 0.333. The van der Waals surface area contributed by atoms with Crippen molar-refractivity contribution in [1.82, 2.24) is 4.98 Å². The van der Waals surface area contributed by atoms with Gasteiger partial charge in [0.2, 0.25) is 0 Å². The summed E-state index contributed by atoms with van der Waals surface area (Å²) in [6.45, 7) is -0.0554. The zero-order chi connectivity index (χ0) is 13.3. The van der Waals surface area contributed by atoms with E-state index in [1.54, 1.807) is 18.2 Å². The summed E-state index contributed by atoms with van der Waals surface area (Å²) in [5, 5.41) is 9.25. The maximum atomic E-state index is 12.5. The lowest BCUT2D eigenvalue weighted by Crippen LogP contribution is -2.11. The number of rotatable bonds is 3. The van der Waals surface area contributed by atoms with Gasteiger partial charge < -0.3 is 15.8 Å². The molecule has 0 aliphatic rings. The normalized spacial score (nSPS) is 14.1. The van der Waals surface area contributed by atoms with E-state index in [4.69, 9.17) is 10.8 Å². The van der Waals surface area contributed by atoms with Crippen molar-refractivity contribution < 1.29 is 18.3 Å². The quantitative estimate of drug-likeness (QED) is 0.792. The van der Waals surface area contributed by atoms with Gasteiger partial charge in [-0.15, -0.1) is 0 Å². The fourth-order valence-electron chi connectivity index (χ4n) is 1.84. The first-order chi connectivity index (χ1) is 8.41. The number of benzene rings is 1. The predicted molar refractivity (Wildman–Crippen MR) is 61.9 cm³/mol. The van der Waals surface area contributed by atoms with Gasteiger partial charge in [0.15, 0.2) is 0 Å². The lowest BCUT2D eigenvalue weighted by atomic mass is 10.0. The second-order valence-corrected chi connectivity index (χ2v) is 4.15. The Bertz CT molecular complexity index is 548. The van der Waals surface area contributed by atoms with Crippen LogP contribution < -0.4 is 5.73 Å². The molecule has 1 aromatic carbocycles. The lowest BCUT2D eigenvalue weighted by molar-refractivity contribution is -0.140. The topological polar surface area (TPSA) is 62.0 Å². The number of nitrogens with two attached hydrogens (primary N) is 1. The Kier molecular flexibility index (Phi) is 3.32. The molecule has 2 aromatic rings. The van der Waals surface area contributed by atoms with Crippen molar-refractivity contribution in [3.63, 3.8) is 0 Å². The van der Waals surface area contributed by atoms with Crippen LogP contribution in [-0.4, -0.2) is 16.7 Å². The van der Waals surface area contributed by atoms with Crippen molar-refractivity contribution in [1.29, 1.82) is 0 Å². The molecule has 0 fully saturated rings. The van der Waals surface area contributed by atoms with Crippen molar-refractivity contribution in [2.45, 2.75) is 18.6 Å². The molecule has 0 radical (unpaired) electrons. The molecule has 1 unspecified atom stereocenters. The fourth-order valence-corrected chi connectivity index (χ4v) is 1.84. The van der Waals surface area contributed by atoms with E-state index in [0.717, 1.165) is 6.07 Å². The highest BCUT2D eigenvalue weighted by atomic mass is 19.4. The number of hydrogen-bond acceptors (Lipinski definition) is 2. The molecular weight excluding hydrogens is 245 g/mol. The molecule has 0 spiro atoms. The van der Waals surface area contributed by atoms with E-state index in [9.17, 15) is 13.2 Å². The number of alkyl halides is 3. The average Bonchev–Trinajstić information content (AvgIpc) is 2.71. The Balaban J connectivity index is 2.40. The molecule has 4 N–H and O–H groups in total. The van der Waals surface area contributed by atoms with E-state index in [2.05, 4.69) is 4.98 Å². The smallest absolute Gasteiger partial charge is 0.396 e. The van der Waals surface area contributed by atoms with Crippen molar-refractivity contribution in [3.05, 3.63) is 35.5 Å². The third-order valence-corrected chi connectivity index (χ3v) is 2.82. The van der Waals surface area contributed by atoms with E-state index in [1.807, 2.05) is 0 Å². The summed E-state index contributed by atoms with van der Waals surface area (Å²) in [4.78, 5) is 2.32. The number of aliphatic hydroxyl groups is 1. The average molecular weight is 258 g/mol. The lowest BCUT2D eigenvalue weighted by Gasteiger charge is -2.09. The minimum Gasteiger partial charge on any atom is -0.396 e. The molecule has 1 heterocycles. The van der Waals surface area contributed by atoms with Gasteiger partial charge in [0, 0.05) is 23.6 Å². The standard InChI is InChI=1S/C12H13F3N2O/c13-12(14,15)11-6-8-5-7(9(16)3-4-18)1-2-10(8)17-11/h1-2,5-6,9,17-18H,3-4,16H2. The van der Waals surface area contributed by atoms with Gasteiger partial charge in [-0.05, 0) is 30.2 Å². The van der Waals surface area contributed by atoms with E-state index < -0.39 is 11.9 Å². The van der Waals surface area contributed by atoms with Gasteiger partial charge in [-0.2, -0.15) is 13.2 Å². The van der Waals surface area contributed by atoms with Crippen LogP contribution in [0.5, 0.6) is 0 Å². The monoisotopic (exact) mass is 258 g/mol. The van der Waals surface area contributed by atoms with Crippen LogP contribution in [0.1, 0.15) is 23.7 Å². The second-order valence-electron chi connectivity index (χ2n) is 4.15. The number of halogens is 3. The summed E-state index contributed by atoms with van der Waals surface area (Å²) < 4.78 is 37.6. The van der Waals surface area contributed by atoms with Crippen molar-refractivity contribution in [2.24, 2.45) is 5.73 Å². The van der Waals surface area contributed by atoms with Crippen LogP contribution in [0.2, 0.25) is 0 Å². The molecule has 0 bridgehead atoms. The van der Waals surface area contributed by atoms with Crippen LogP contribution >= 0.6 is 0 Å². The summed E-state index contributed by atoms with van der Waals surface area (Å²) in [5.74, 6) is 0. The Morgan fingerprint density at radius 1 is 1.28 bits per heavy atom. The van der Waals surface area contributed by atoms with Crippen LogP contribution in [0.4, 0.5) is 13.2 Å². The van der Waals surface area contributed by atoms with Gasteiger partial charge in [-0.3, -0.25) is 0 Å². The maximum Gasteiger partial charge on any atom is 0.431 e. The predicted octanol–water partition coefficient (Wildman–Crippen LogP) is 2.57. The molecule has 0 aliphatic heterocycles. The number of fused-ring (bicyclic) bond motifs is 1. The largest absolute Gasteiger partial charge is 0.431 e. The zero-order valence-corrected chi connectivity index (χ0v) is 9.46. The highest BCUT2D eigenvalue weighted by molar-refractivity contribution is 5.81. The first-order valence-electron chi connectivity index (χ1n) is 5.48. The van der Waals surface area contributed by atoms with Crippen LogP contribution in [0, 0.1) is 0 Å². The van der Waals surface area contributed by atoms with Crippen LogP contribution in [0.3, 0.4) is 0 Å². The van der Waals surface area contributed by atoms with Crippen LogP contribution in [0.25, 0.3) is 10.9 Å². The molecule has 98 valence electrons. The summed E-state index contributed by atoms with van der Waals surface area (Å²) in [5.41, 5.74) is 6.15. The number of H-pyrrole nitrogens is 1. The number of nitrogens with one attached hydrogen (secondary N) is 1. The molecule has 18 heavy (non-hydrogen) atoms. The number of hydrogen-bond donors (Lipinski definition) is 3. The third kappa shape index (κ3) is 2.49. The maximum absolute atomic E-state index is 12.5. The minimum absolute atomic E-state index is 0.0554. The summed E-state index contributed by atoms with van der Waals surface area (Å²) in [6, 6.07) is 5.53. The Labute approximate surface area is 101 Å². The van der Waals surface area contributed by atoms with Gasteiger partial charge >= 0.3 is 6.18 Å². The molecular formula is C12H13F3N2O. The van der Waals surface area contributed by atoms with Crippen LogP contribution in [0.15, 0.2) is 24.3 Å². The number of aromatic nitrogens is 1. The molecule has 2 rings (SSSR count). The Morgan fingerprint density at radius 2 is 2.00 bits per heavy atom. The van der Waals surface area contributed by atoms with E-state index in [-0.39, 0.29) is 12.6 Å². The highest BCUT2D eigenvalue weighted by Gasteiger charge is 2.32.